The van der Waals surface area contributed by atoms with E-state index in [0.29, 0.717) is 17.1 Å². The van der Waals surface area contributed by atoms with Gasteiger partial charge in [-0.3, -0.25) is 14.9 Å². The number of aliphatic hydroxyl groups is 1. The summed E-state index contributed by atoms with van der Waals surface area (Å²) in [6.45, 7) is 6.61. The molecule has 0 radical (unpaired) electrons. The fraction of sp³-hybridized carbons (Fsp3) is 0.310. The number of nitrogens with two attached hydrogens (primary N) is 1. The molecule has 6 N–H and O–H groups in total. The van der Waals surface area contributed by atoms with Crippen molar-refractivity contribution in [3.8, 4) is 0 Å². The highest BCUT2D eigenvalue weighted by Gasteiger charge is 2.20. The maximum Gasteiger partial charge on any atom is 0.248 e. The molecule has 3 rings (SSSR count). The van der Waals surface area contributed by atoms with Crippen molar-refractivity contribution in [3.05, 3.63) is 94.8 Å². The Morgan fingerprint density at radius 2 is 1.75 bits per heavy atom. The molecule has 7 nitrogen and oxygen atoms in total. The third-order valence-corrected chi connectivity index (χ3v) is 5.91. The lowest BCUT2D eigenvalue weighted by Gasteiger charge is -2.21. The van der Waals surface area contributed by atoms with Crippen molar-refractivity contribution in [1.82, 2.24) is 10.6 Å². The van der Waals surface area contributed by atoms with Gasteiger partial charge in [-0.1, -0.05) is 63.2 Å². The van der Waals surface area contributed by atoms with Crippen LogP contribution in [0.4, 0.5) is 5.69 Å². The van der Waals surface area contributed by atoms with Crippen LogP contribution in [-0.4, -0.2) is 30.1 Å². The van der Waals surface area contributed by atoms with Gasteiger partial charge in [0.05, 0.1) is 12.3 Å². The van der Waals surface area contributed by atoms with Gasteiger partial charge < -0.3 is 21.5 Å². The molecule has 1 aliphatic rings. The molecule has 0 spiro atoms. The van der Waals surface area contributed by atoms with Gasteiger partial charge in [-0.15, -0.1) is 0 Å². The molecule has 36 heavy (non-hydrogen) atoms. The molecular weight excluding hydrogens is 452 g/mol. The van der Waals surface area contributed by atoms with E-state index in [4.69, 9.17) is 5.73 Å². The van der Waals surface area contributed by atoms with Gasteiger partial charge in [0.25, 0.3) is 0 Å². The molecule has 2 aromatic rings. The number of amides is 2. The van der Waals surface area contributed by atoms with Crippen LogP contribution in [0.2, 0.25) is 0 Å². The zero-order valence-corrected chi connectivity index (χ0v) is 21.2. The van der Waals surface area contributed by atoms with Crippen LogP contribution < -0.4 is 21.7 Å². The Bertz CT molecular complexity index is 1140. The van der Waals surface area contributed by atoms with E-state index < -0.39 is 6.04 Å². The van der Waals surface area contributed by atoms with Crippen LogP contribution in [0.1, 0.15) is 56.3 Å². The lowest BCUT2D eigenvalue weighted by Crippen LogP contribution is -2.34. The molecule has 1 unspecified atom stereocenters. The summed E-state index contributed by atoms with van der Waals surface area (Å²) in [5.74, 6) is -0.482. The first-order valence-corrected chi connectivity index (χ1v) is 12.2. The molecule has 0 saturated carbocycles. The minimum atomic E-state index is -0.645. The SMILES string of the molecule is CC(C)(C)c1ccc(NC(=O)C(NCCO)c2ccc(/C=C/C(=O)NC3=C(N)CCC=C3)cc2)cc1. The second kappa shape index (κ2) is 12.3. The number of carbonyl (C=O) groups is 2. The maximum atomic E-state index is 13.1. The summed E-state index contributed by atoms with van der Waals surface area (Å²) in [5, 5.41) is 18.1. The standard InChI is InChI=1S/C29H36N4O3/c1-29(2,3)22-13-15-23(16-14-22)32-28(36)27(31-18-19-34)21-11-8-20(9-12-21)10-17-26(35)33-25-7-5-4-6-24(25)30/h5,7-17,27,31,34H,4,6,18-19,30H2,1-3H3,(H,32,36)(H,33,35)/b17-10+. The molecule has 1 atom stereocenters. The number of hydrogen-bond donors (Lipinski definition) is 5. The predicted molar refractivity (Wildman–Crippen MR) is 145 cm³/mol. The van der Waals surface area contributed by atoms with Crippen molar-refractivity contribution in [2.24, 2.45) is 5.73 Å². The van der Waals surface area contributed by atoms with Gasteiger partial charge in [0.15, 0.2) is 0 Å². The molecule has 1 aliphatic carbocycles. The van der Waals surface area contributed by atoms with Crippen LogP contribution in [0.3, 0.4) is 0 Å². The Hall–Kier alpha value is -3.68. The Labute approximate surface area is 213 Å². The average molecular weight is 489 g/mol. The van der Waals surface area contributed by atoms with Crippen LogP contribution in [0.15, 0.2) is 78.2 Å². The first-order valence-electron chi connectivity index (χ1n) is 12.2. The molecule has 0 aromatic heterocycles. The Morgan fingerprint density at radius 3 is 2.36 bits per heavy atom. The van der Waals surface area contributed by atoms with Crippen molar-refractivity contribution in [2.45, 2.75) is 45.1 Å². The van der Waals surface area contributed by atoms with E-state index in [1.807, 2.05) is 60.7 Å². The van der Waals surface area contributed by atoms with Gasteiger partial charge in [-0.25, -0.2) is 0 Å². The van der Waals surface area contributed by atoms with Gasteiger partial charge in [-0.05, 0) is 59.2 Å². The highest BCUT2D eigenvalue weighted by Crippen LogP contribution is 2.24. The van der Waals surface area contributed by atoms with Crippen molar-refractivity contribution in [2.75, 3.05) is 18.5 Å². The van der Waals surface area contributed by atoms with E-state index in [-0.39, 0.29) is 30.4 Å². The van der Waals surface area contributed by atoms with E-state index in [2.05, 4.69) is 36.7 Å². The van der Waals surface area contributed by atoms with Crippen LogP contribution in [-0.2, 0) is 15.0 Å². The molecule has 0 aliphatic heterocycles. The summed E-state index contributed by atoms with van der Waals surface area (Å²) in [4.78, 5) is 25.3. The van der Waals surface area contributed by atoms with E-state index >= 15 is 0 Å². The lowest BCUT2D eigenvalue weighted by atomic mass is 9.87. The summed E-state index contributed by atoms with van der Waals surface area (Å²) in [5.41, 5.74) is 10.7. The topological polar surface area (TPSA) is 116 Å². The quantitative estimate of drug-likeness (QED) is 0.343. The molecule has 7 heteroatoms. The number of rotatable bonds is 9. The Balaban J connectivity index is 1.66. The molecule has 2 aromatic carbocycles. The molecule has 190 valence electrons. The number of hydrogen-bond acceptors (Lipinski definition) is 5. The van der Waals surface area contributed by atoms with Gasteiger partial charge >= 0.3 is 0 Å². The van der Waals surface area contributed by atoms with Crippen molar-refractivity contribution >= 4 is 23.6 Å². The highest BCUT2D eigenvalue weighted by atomic mass is 16.3. The summed E-state index contributed by atoms with van der Waals surface area (Å²) in [6.07, 6.45) is 8.57. The zero-order chi connectivity index (χ0) is 26.1. The molecule has 0 saturated heterocycles. The molecular formula is C29H36N4O3. The Morgan fingerprint density at radius 1 is 1.06 bits per heavy atom. The monoisotopic (exact) mass is 488 g/mol. The largest absolute Gasteiger partial charge is 0.400 e. The average Bonchev–Trinajstić information content (AvgIpc) is 2.85. The van der Waals surface area contributed by atoms with E-state index in [9.17, 15) is 14.7 Å². The number of carbonyl (C=O) groups excluding carboxylic acids is 2. The van der Waals surface area contributed by atoms with Crippen LogP contribution in [0.25, 0.3) is 6.08 Å². The number of benzene rings is 2. The van der Waals surface area contributed by atoms with Crippen molar-refractivity contribution in [1.29, 1.82) is 0 Å². The summed E-state index contributed by atoms with van der Waals surface area (Å²) >= 11 is 0. The number of anilines is 1. The highest BCUT2D eigenvalue weighted by molar-refractivity contribution is 5.96. The second-order valence-corrected chi connectivity index (χ2v) is 9.80. The first kappa shape index (κ1) is 26.9. The molecule has 0 heterocycles. The first-order chi connectivity index (χ1) is 17.2. The summed E-state index contributed by atoms with van der Waals surface area (Å²) in [7, 11) is 0. The maximum absolute atomic E-state index is 13.1. The smallest absolute Gasteiger partial charge is 0.248 e. The second-order valence-electron chi connectivity index (χ2n) is 9.80. The number of allylic oxidation sites excluding steroid dienone is 3. The van der Waals surface area contributed by atoms with Gasteiger partial charge in [0.2, 0.25) is 11.8 Å². The fourth-order valence-electron chi connectivity index (χ4n) is 3.79. The third-order valence-electron chi connectivity index (χ3n) is 5.91. The number of nitrogens with one attached hydrogen (secondary N) is 3. The van der Waals surface area contributed by atoms with E-state index in [1.54, 1.807) is 6.08 Å². The minimum absolute atomic E-state index is 0.0299. The zero-order valence-electron chi connectivity index (χ0n) is 21.2. The van der Waals surface area contributed by atoms with Crippen LogP contribution >= 0.6 is 0 Å². The van der Waals surface area contributed by atoms with Gasteiger partial charge in [0.1, 0.15) is 6.04 Å². The Kier molecular flexibility index (Phi) is 9.22. The summed E-state index contributed by atoms with van der Waals surface area (Å²) < 4.78 is 0. The molecule has 2 amide bonds. The van der Waals surface area contributed by atoms with E-state index in [0.717, 1.165) is 24.0 Å². The third kappa shape index (κ3) is 7.66. The predicted octanol–water partition coefficient (Wildman–Crippen LogP) is 3.90. The fourth-order valence-corrected chi connectivity index (χ4v) is 3.79. The number of aliphatic hydroxyl groups excluding tert-OH is 1. The lowest BCUT2D eigenvalue weighted by molar-refractivity contribution is -0.118. The van der Waals surface area contributed by atoms with Crippen LogP contribution in [0, 0.1) is 0 Å². The molecule has 0 bridgehead atoms. The normalized spacial score (nSPS) is 14.7. The van der Waals surface area contributed by atoms with Crippen LogP contribution in [0.5, 0.6) is 0 Å². The molecule has 0 fully saturated rings. The minimum Gasteiger partial charge on any atom is -0.400 e. The van der Waals surface area contributed by atoms with E-state index in [1.165, 1.54) is 11.6 Å². The summed E-state index contributed by atoms with van der Waals surface area (Å²) in [6, 6.07) is 14.5. The van der Waals surface area contributed by atoms with Gasteiger partial charge in [-0.2, -0.15) is 0 Å². The van der Waals surface area contributed by atoms with Crippen molar-refractivity contribution < 1.29 is 14.7 Å². The van der Waals surface area contributed by atoms with Crippen molar-refractivity contribution in [3.63, 3.8) is 0 Å². The van der Waals surface area contributed by atoms with Gasteiger partial charge in [0, 0.05) is 24.0 Å².